The molecule has 0 saturated carbocycles. The molecule has 1 N–H and O–H groups in total. The van der Waals surface area contributed by atoms with E-state index in [0.29, 0.717) is 12.5 Å². The summed E-state index contributed by atoms with van der Waals surface area (Å²) in [5, 5.41) is 9.34. The first-order chi connectivity index (χ1) is 8.38. The van der Waals surface area contributed by atoms with Gasteiger partial charge in [-0.1, -0.05) is 24.3 Å². The van der Waals surface area contributed by atoms with Crippen molar-refractivity contribution in [1.82, 2.24) is 4.90 Å². The molecule has 1 aliphatic carbocycles. The van der Waals surface area contributed by atoms with Crippen LogP contribution in [0.1, 0.15) is 17.0 Å². The van der Waals surface area contributed by atoms with Crippen LogP contribution in [0.25, 0.3) is 0 Å². The fourth-order valence-electron chi connectivity index (χ4n) is 2.91. The van der Waals surface area contributed by atoms with E-state index in [0.717, 1.165) is 19.7 Å². The highest BCUT2D eigenvalue weighted by Crippen LogP contribution is 2.35. The molecule has 92 valence electrons. The highest BCUT2D eigenvalue weighted by atomic mass is 16.5. The lowest BCUT2D eigenvalue weighted by atomic mass is 9.77. The molecule has 1 aromatic carbocycles. The number of aliphatic hydroxyl groups is 1. The molecular weight excluding hydrogens is 214 g/mol. The quantitative estimate of drug-likeness (QED) is 0.846. The minimum atomic E-state index is 0.191. The van der Waals surface area contributed by atoms with Gasteiger partial charge in [0.15, 0.2) is 0 Å². The molecule has 0 spiro atoms. The largest absolute Gasteiger partial charge is 0.395 e. The number of nitrogens with zero attached hydrogens (tertiary/aromatic N) is 1. The Bertz CT molecular complexity index is 394. The van der Waals surface area contributed by atoms with Crippen LogP contribution in [-0.4, -0.2) is 49.0 Å². The predicted octanol–water partition coefficient (Wildman–Crippen LogP) is 1.02. The zero-order chi connectivity index (χ0) is 11.7. The van der Waals surface area contributed by atoms with E-state index in [9.17, 15) is 5.11 Å². The number of hydrogen-bond acceptors (Lipinski definition) is 3. The van der Waals surface area contributed by atoms with Crippen molar-refractivity contribution in [3.05, 3.63) is 35.4 Å². The molecule has 2 unspecified atom stereocenters. The van der Waals surface area contributed by atoms with Crippen molar-refractivity contribution < 1.29 is 9.84 Å². The number of rotatable bonds is 3. The maximum absolute atomic E-state index is 9.34. The molecule has 2 aliphatic rings. The minimum Gasteiger partial charge on any atom is -0.395 e. The Morgan fingerprint density at radius 3 is 3.06 bits per heavy atom. The monoisotopic (exact) mass is 233 g/mol. The van der Waals surface area contributed by atoms with Gasteiger partial charge in [-0.2, -0.15) is 0 Å². The molecule has 1 heterocycles. The summed E-state index contributed by atoms with van der Waals surface area (Å²) in [6, 6.07) is 8.87. The van der Waals surface area contributed by atoms with Crippen molar-refractivity contribution in [1.29, 1.82) is 0 Å². The Hall–Kier alpha value is -0.900. The molecule has 3 nitrogen and oxygen atoms in total. The lowest BCUT2D eigenvalue weighted by molar-refractivity contribution is -0.0305. The first-order valence-electron chi connectivity index (χ1n) is 6.39. The highest BCUT2D eigenvalue weighted by molar-refractivity contribution is 5.40. The number of benzene rings is 1. The van der Waals surface area contributed by atoms with Crippen LogP contribution in [0.2, 0.25) is 0 Å². The zero-order valence-electron chi connectivity index (χ0n) is 10.0. The summed E-state index contributed by atoms with van der Waals surface area (Å²) in [4.78, 5) is 2.38. The first-order valence-corrected chi connectivity index (χ1v) is 6.39. The molecule has 3 rings (SSSR count). The molecular formula is C14H19NO2. The highest BCUT2D eigenvalue weighted by Gasteiger charge is 2.30. The minimum absolute atomic E-state index is 0.191. The van der Waals surface area contributed by atoms with E-state index in [4.69, 9.17) is 4.74 Å². The fraction of sp³-hybridized carbons (Fsp3) is 0.571. The van der Waals surface area contributed by atoms with Crippen molar-refractivity contribution in [2.45, 2.75) is 18.4 Å². The second-order valence-corrected chi connectivity index (χ2v) is 5.01. The van der Waals surface area contributed by atoms with Crippen LogP contribution in [0, 0.1) is 0 Å². The van der Waals surface area contributed by atoms with Crippen LogP contribution in [0.4, 0.5) is 0 Å². The van der Waals surface area contributed by atoms with Crippen LogP contribution in [0.3, 0.4) is 0 Å². The van der Waals surface area contributed by atoms with E-state index < -0.39 is 0 Å². The van der Waals surface area contributed by atoms with Crippen LogP contribution in [0.5, 0.6) is 0 Å². The van der Waals surface area contributed by atoms with Crippen LogP contribution >= 0.6 is 0 Å². The number of morpholine rings is 1. The van der Waals surface area contributed by atoms with Crippen LogP contribution in [0.15, 0.2) is 24.3 Å². The molecule has 1 aliphatic heterocycles. The maximum atomic E-state index is 9.34. The second-order valence-electron chi connectivity index (χ2n) is 5.01. The van der Waals surface area contributed by atoms with E-state index in [1.165, 1.54) is 17.5 Å². The predicted molar refractivity (Wildman–Crippen MR) is 66.2 cm³/mol. The molecule has 2 atom stereocenters. The van der Waals surface area contributed by atoms with Crippen molar-refractivity contribution in [3.8, 4) is 0 Å². The van der Waals surface area contributed by atoms with E-state index in [-0.39, 0.29) is 12.6 Å². The van der Waals surface area contributed by atoms with E-state index in [2.05, 4.69) is 29.2 Å². The Kier molecular flexibility index (Phi) is 3.14. The van der Waals surface area contributed by atoms with Crippen molar-refractivity contribution in [2.75, 3.05) is 32.9 Å². The molecule has 0 amide bonds. The lowest BCUT2D eigenvalue weighted by Crippen LogP contribution is -2.49. The summed E-state index contributed by atoms with van der Waals surface area (Å²) >= 11 is 0. The van der Waals surface area contributed by atoms with Gasteiger partial charge >= 0.3 is 0 Å². The standard InChI is InChI=1S/C14H19NO2/c16-9-13-10-17-6-5-15(13)8-12-7-11-3-1-2-4-14(11)12/h1-4,12-13,16H,5-10H2. The Balaban J connectivity index is 1.65. The average Bonchev–Trinajstić information content (AvgIpc) is 2.36. The van der Waals surface area contributed by atoms with Gasteiger partial charge in [0.05, 0.1) is 25.9 Å². The average molecular weight is 233 g/mol. The van der Waals surface area contributed by atoms with Crippen LogP contribution < -0.4 is 0 Å². The summed E-state index contributed by atoms with van der Waals surface area (Å²) in [7, 11) is 0. The third-order valence-electron chi connectivity index (χ3n) is 3.98. The van der Waals surface area contributed by atoms with Crippen molar-refractivity contribution in [2.24, 2.45) is 0 Å². The van der Waals surface area contributed by atoms with E-state index >= 15 is 0 Å². The number of hydrogen-bond donors (Lipinski definition) is 1. The Labute approximate surface area is 102 Å². The van der Waals surface area contributed by atoms with E-state index in [1.54, 1.807) is 0 Å². The van der Waals surface area contributed by atoms with Crippen molar-refractivity contribution in [3.63, 3.8) is 0 Å². The SMILES string of the molecule is OCC1COCCN1CC1Cc2ccccc21. The molecule has 0 aromatic heterocycles. The van der Waals surface area contributed by atoms with Gasteiger partial charge in [0.25, 0.3) is 0 Å². The number of ether oxygens (including phenoxy) is 1. The Morgan fingerprint density at radius 2 is 2.24 bits per heavy atom. The summed E-state index contributed by atoms with van der Waals surface area (Å²) in [5.74, 6) is 0.651. The summed E-state index contributed by atoms with van der Waals surface area (Å²) in [6.45, 7) is 3.68. The van der Waals surface area contributed by atoms with Gasteiger partial charge in [0.1, 0.15) is 0 Å². The molecule has 3 heteroatoms. The molecule has 0 radical (unpaired) electrons. The third-order valence-corrected chi connectivity index (χ3v) is 3.98. The molecule has 1 fully saturated rings. The van der Waals surface area contributed by atoms with E-state index in [1.807, 2.05) is 0 Å². The summed E-state index contributed by atoms with van der Waals surface area (Å²) in [5.41, 5.74) is 2.99. The summed E-state index contributed by atoms with van der Waals surface area (Å²) < 4.78 is 5.40. The number of aliphatic hydroxyl groups excluding tert-OH is 1. The van der Waals surface area contributed by atoms with Gasteiger partial charge in [-0.05, 0) is 17.5 Å². The van der Waals surface area contributed by atoms with Gasteiger partial charge in [-0.25, -0.2) is 0 Å². The normalized spacial score (nSPS) is 28.5. The lowest BCUT2D eigenvalue weighted by Gasteiger charge is -2.40. The zero-order valence-corrected chi connectivity index (χ0v) is 10.0. The summed E-state index contributed by atoms with van der Waals surface area (Å²) in [6.07, 6.45) is 1.19. The van der Waals surface area contributed by atoms with Crippen molar-refractivity contribution >= 4 is 0 Å². The number of fused-ring (bicyclic) bond motifs is 1. The molecule has 1 saturated heterocycles. The molecule has 17 heavy (non-hydrogen) atoms. The van der Waals surface area contributed by atoms with Gasteiger partial charge in [-0.3, -0.25) is 4.90 Å². The second kappa shape index (κ2) is 4.77. The van der Waals surface area contributed by atoms with Gasteiger partial charge in [0, 0.05) is 19.0 Å². The molecule has 1 aromatic rings. The Morgan fingerprint density at radius 1 is 1.35 bits per heavy atom. The van der Waals surface area contributed by atoms with Crippen LogP contribution in [-0.2, 0) is 11.2 Å². The third kappa shape index (κ3) is 2.10. The maximum Gasteiger partial charge on any atom is 0.0644 e. The molecule has 0 bridgehead atoms. The van der Waals surface area contributed by atoms with Gasteiger partial charge in [-0.15, -0.1) is 0 Å². The van der Waals surface area contributed by atoms with Gasteiger partial charge in [0.2, 0.25) is 0 Å². The fourth-order valence-corrected chi connectivity index (χ4v) is 2.91. The van der Waals surface area contributed by atoms with Gasteiger partial charge < -0.3 is 9.84 Å². The topological polar surface area (TPSA) is 32.7 Å². The smallest absolute Gasteiger partial charge is 0.0644 e. The first kappa shape index (κ1) is 11.2.